The number of aldehydes is 1. The molecule has 1 aromatic heterocycles. The van der Waals surface area contributed by atoms with Crippen molar-refractivity contribution < 1.29 is 9.53 Å². The van der Waals surface area contributed by atoms with Gasteiger partial charge in [-0.3, -0.25) is 4.79 Å². The predicted molar refractivity (Wildman–Crippen MR) is 57.6 cm³/mol. The summed E-state index contributed by atoms with van der Waals surface area (Å²) in [5.74, 6) is 0.611. The highest BCUT2D eigenvalue weighted by molar-refractivity contribution is 5.81. The molecule has 1 fully saturated rings. The summed E-state index contributed by atoms with van der Waals surface area (Å²) in [5.41, 5.74) is 1.28. The molecule has 0 amide bonds. The van der Waals surface area contributed by atoms with E-state index in [1.54, 1.807) is 6.20 Å². The Morgan fingerprint density at radius 3 is 2.80 bits per heavy atom. The van der Waals surface area contributed by atoms with Crippen LogP contribution in [0.2, 0.25) is 0 Å². The largest absolute Gasteiger partial charge is 0.486 e. The van der Waals surface area contributed by atoms with Crippen LogP contribution < -0.4 is 9.64 Å². The normalized spacial score (nSPS) is 14.8. The van der Waals surface area contributed by atoms with E-state index in [4.69, 9.17) is 4.74 Å². The highest BCUT2D eigenvalue weighted by Gasteiger charge is 2.26. The van der Waals surface area contributed by atoms with E-state index in [9.17, 15) is 4.79 Å². The second-order valence-corrected chi connectivity index (χ2v) is 3.87. The van der Waals surface area contributed by atoms with Gasteiger partial charge >= 0.3 is 0 Å². The molecule has 1 aliphatic rings. The first kappa shape index (κ1) is 9.96. The number of carbonyl (C=O) groups is 1. The number of anilines is 1. The maximum Gasteiger partial charge on any atom is 0.172 e. The molecule has 80 valence electrons. The van der Waals surface area contributed by atoms with Crippen molar-refractivity contribution in [3.8, 4) is 5.75 Å². The number of rotatable bonds is 4. The minimum atomic E-state index is 0.270. The molecule has 0 bridgehead atoms. The Kier molecular flexibility index (Phi) is 2.58. The molecular weight excluding hydrogens is 192 g/mol. The van der Waals surface area contributed by atoms with Gasteiger partial charge in [0.25, 0.3) is 0 Å². The Morgan fingerprint density at radius 2 is 2.27 bits per heavy atom. The molecule has 0 saturated heterocycles. The van der Waals surface area contributed by atoms with Crippen LogP contribution in [0.4, 0.5) is 5.69 Å². The summed E-state index contributed by atoms with van der Waals surface area (Å²) in [6.07, 6.45) is 4.77. The first-order chi connectivity index (χ1) is 7.22. The lowest BCUT2D eigenvalue weighted by molar-refractivity contribution is 0.111. The molecule has 4 nitrogen and oxygen atoms in total. The van der Waals surface area contributed by atoms with Crippen LogP contribution in [0.1, 0.15) is 23.3 Å². The smallest absolute Gasteiger partial charge is 0.172 e. The van der Waals surface area contributed by atoms with Crippen molar-refractivity contribution in [2.75, 3.05) is 19.0 Å². The van der Waals surface area contributed by atoms with E-state index in [1.165, 1.54) is 0 Å². The van der Waals surface area contributed by atoms with Crippen molar-refractivity contribution in [1.82, 2.24) is 4.98 Å². The summed E-state index contributed by atoms with van der Waals surface area (Å²) in [7, 11) is 3.84. The second-order valence-electron chi connectivity index (χ2n) is 3.87. The fourth-order valence-electron chi connectivity index (χ4n) is 1.36. The number of ether oxygens (including phenoxy) is 1. The van der Waals surface area contributed by atoms with Crippen molar-refractivity contribution in [2.24, 2.45) is 0 Å². The Bertz CT molecular complexity index is 373. The molecule has 0 radical (unpaired) electrons. The van der Waals surface area contributed by atoms with E-state index in [0.717, 1.165) is 24.8 Å². The van der Waals surface area contributed by atoms with Crippen LogP contribution >= 0.6 is 0 Å². The minimum absolute atomic E-state index is 0.270. The van der Waals surface area contributed by atoms with E-state index in [-0.39, 0.29) is 6.10 Å². The van der Waals surface area contributed by atoms with Gasteiger partial charge in [-0.05, 0) is 18.9 Å². The lowest BCUT2D eigenvalue weighted by Gasteiger charge is -2.18. The van der Waals surface area contributed by atoms with Crippen LogP contribution in [0, 0.1) is 0 Å². The van der Waals surface area contributed by atoms with Crippen LogP contribution in [-0.4, -0.2) is 31.5 Å². The second kappa shape index (κ2) is 3.88. The SMILES string of the molecule is CN(C)c1ccnc(C=O)c1OC1CC1. The van der Waals surface area contributed by atoms with E-state index in [0.29, 0.717) is 11.4 Å². The number of hydrogen-bond donors (Lipinski definition) is 0. The zero-order valence-electron chi connectivity index (χ0n) is 8.93. The highest BCUT2D eigenvalue weighted by Crippen LogP contribution is 2.34. The summed E-state index contributed by atoms with van der Waals surface area (Å²) >= 11 is 0. The summed E-state index contributed by atoms with van der Waals surface area (Å²) in [5, 5.41) is 0. The van der Waals surface area contributed by atoms with Gasteiger partial charge in [-0.25, -0.2) is 4.98 Å². The fourth-order valence-corrected chi connectivity index (χ4v) is 1.36. The summed E-state index contributed by atoms with van der Waals surface area (Å²) in [6.45, 7) is 0. The van der Waals surface area contributed by atoms with Gasteiger partial charge in [-0.1, -0.05) is 0 Å². The highest BCUT2D eigenvalue weighted by atomic mass is 16.5. The molecule has 0 aromatic carbocycles. The fraction of sp³-hybridized carbons (Fsp3) is 0.455. The van der Waals surface area contributed by atoms with Crippen molar-refractivity contribution in [1.29, 1.82) is 0 Å². The first-order valence-electron chi connectivity index (χ1n) is 5.00. The molecule has 0 N–H and O–H groups in total. The van der Waals surface area contributed by atoms with Gasteiger partial charge in [0, 0.05) is 20.3 Å². The average molecular weight is 206 g/mol. The molecule has 2 rings (SSSR count). The van der Waals surface area contributed by atoms with Crippen molar-refractivity contribution in [3.05, 3.63) is 18.0 Å². The van der Waals surface area contributed by atoms with Crippen LogP contribution in [0.5, 0.6) is 5.75 Å². The summed E-state index contributed by atoms with van der Waals surface area (Å²) < 4.78 is 5.70. The number of hydrogen-bond acceptors (Lipinski definition) is 4. The van der Waals surface area contributed by atoms with Crippen LogP contribution in [0.3, 0.4) is 0 Å². The number of aromatic nitrogens is 1. The monoisotopic (exact) mass is 206 g/mol. The van der Waals surface area contributed by atoms with Crippen molar-refractivity contribution >= 4 is 12.0 Å². The Morgan fingerprint density at radius 1 is 1.53 bits per heavy atom. The number of carbonyl (C=O) groups excluding carboxylic acids is 1. The molecule has 1 heterocycles. The topological polar surface area (TPSA) is 42.4 Å². The van der Waals surface area contributed by atoms with E-state index < -0.39 is 0 Å². The Labute approximate surface area is 88.9 Å². The van der Waals surface area contributed by atoms with E-state index in [2.05, 4.69) is 4.98 Å². The maximum atomic E-state index is 10.8. The van der Waals surface area contributed by atoms with Gasteiger partial charge in [-0.2, -0.15) is 0 Å². The Hall–Kier alpha value is -1.58. The van der Waals surface area contributed by atoms with Gasteiger partial charge in [-0.15, -0.1) is 0 Å². The van der Waals surface area contributed by atoms with Gasteiger partial charge < -0.3 is 9.64 Å². The van der Waals surface area contributed by atoms with Crippen molar-refractivity contribution in [2.45, 2.75) is 18.9 Å². The molecule has 1 saturated carbocycles. The Balaban J connectivity index is 2.38. The van der Waals surface area contributed by atoms with Crippen LogP contribution in [0.15, 0.2) is 12.3 Å². The lowest BCUT2D eigenvalue weighted by atomic mass is 10.3. The summed E-state index contributed by atoms with van der Waals surface area (Å²) in [6, 6.07) is 1.85. The molecule has 0 aliphatic heterocycles. The standard InChI is InChI=1S/C11H14N2O2/c1-13(2)10-5-6-12-9(7-14)11(10)15-8-3-4-8/h5-8H,3-4H2,1-2H3. The third-order valence-corrected chi connectivity index (χ3v) is 2.31. The van der Waals surface area contributed by atoms with Gasteiger partial charge in [0.1, 0.15) is 5.69 Å². The minimum Gasteiger partial charge on any atom is -0.486 e. The molecule has 4 heteroatoms. The van der Waals surface area contributed by atoms with E-state index in [1.807, 2.05) is 25.1 Å². The first-order valence-corrected chi connectivity index (χ1v) is 5.00. The zero-order chi connectivity index (χ0) is 10.8. The van der Waals surface area contributed by atoms with Crippen molar-refractivity contribution in [3.63, 3.8) is 0 Å². The predicted octanol–water partition coefficient (Wildman–Crippen LogP) is 1.50. The average Bonchev–Trinajstić information content (AvgIpc) is 3.01. The van der Waals surface area contributed by atoms with Gasteiger partial charge in [0.2, 0.25) is 0 Å². The molecule has 0 atom stereocenters. The van der Waals surface area contributed by atoms with Crippen LogP contribution in [-0.2, 0) is 0 Å². The summed E-state index contributed by atoms with van der Waals surface area (Å²) in [4.78, 5) is 16.8. The molecular formula is C11H14N2O2. The zero-order valence-corrected chi connectivity index (χ0v) is 8.93. The molecule has 0 unspecified atom stereocenters. The third-order valence-electron chi connectivity index (χ3n) is 2.31. The number of nitrogens with zero attached hydrogens (tertiary/aromatic N) is 2. The van der Waals surface area contributed by atoms with Gasteiger partial charge in [0.15, 0.2) is 12.0 Å². The van der Waals surface area contributed by atoms with E-state index >= 15 is 0 Å². The molecule has 1 aromatic rings. The molecule has 0 spiro atoms. The quantitative estimate of drug-likeness (QED) is 0.700. The lowest BCUT2D eigenvalue weighted by Crippen LogP contribution is -2.13. The van der Waals surface area contributed by atoms with Crippen LogP contribution in [0.25, 0.3) is 0 Å². The number of pyridine rings is 1. The van der Waals surface area contributed by atoms with Gasteiger partial charge in [0.05, 0.1) is 11.8 Å². The maximum absolute atomic E-state index is 10.8. The molecule has 15 heavy (non-hydrogen) atoms. The third kappa shape index (κ3) is 2.09. The molecule has 1 aliphatic carbocycles.